The molecular weight excluding hydrogens is 336 g/mol. The Labute approximate surface area is 147 Å². The van der Waals surface area contributed by atoms with Crippen LogP contribution < -0.4 is 5.32 Å². The van der Waals surface area contributed by atoms with Crippen molar-refractivity contribution in [3.63, 3.8) is 0 Å². The number of aryl methyl sites for hydroxylation is 1. The van der Waals surface area contributed by atoms with Gasteiger partial charge in [0.15, 0.2) is 0 Å². The van der Waals surface area contributed by atoms with Crippen molar-refractivity contribution in [2.45, 2.75) is 30.1 Å². The number of hydrogen-bond donors (Lipinski definition) is 1. The summed E-state index contributed by atoms with van der Waals surface area (Å²) in [5.41, 5.74) is 2.80. The number of carbonyl (C=O) groups is 1. The molecule has 0 spiro atoms. The fourth-order valence-corrected chi connectivity index (χ4v) is 5.16. The lowest BCUT2D eigenvalue weighted by molar-refractivity contribution is -0.116. The van der Waals surface area contributed by atoms with E-state index < -0.39 is 10.0 Å². The molecule has 1 N–H and O–H groups in total. The van der Waals surface area contributed by atoms with Crippen molar-refractivity contribution in [3.8, 4) is 0 Å². The van der Waals surface area contributed by atoms with Crippen molar-refractivity contribution in [3.05, 3.63) is 59.7 Å². The molecule has 2 aromatic carbocycles. The van der Waals surface area contributed by atoms with E-state index in [2.05, 4.69) is 17.4 Å². The number of fused-ring (bicyclic) bond motifs is 1. The summed E-state index contributed by atoms with van der Waals surface area (Å²) in [5.74, 6) is 0.223. The molecule has 25 heavy (non-hydrogen) atoms. The van der Waals surface area contributed by atoms with E-state index in [1.54, 1.807) is 22.5 Å². The highest BCUT2D eigenvalue weighted by atomic mass is 32.2. The lowest BCUT2D eigenvalue weighted by Crippen LogP contribution is -2.29. The number of carbonyl (C=O) groups excluding carboxylic acids is 1. The predicted octanol–water partition coefficient (Wildman–Crippen LogP) is 2.75. The molecule has 0 aromatic heterocycles. The van der Waals surface area contributed by atoms with Crippen LogP contribution in [0.1, 0.15) is 29.9 Å². The number of nitrogens with zero attached hydrogens (tertiary/aromatic N) is 1. The van der Waals surface area contributed by atoms with E-state index in [-0.39, 0.29) is 11.8 Å². The molecule has 1 unspecified atom stereocenters. The molecule has 5 nitrogen and oxygen atoms in total. The van der Waals surface area contributed by atoms with Gasteiger partial charge < -0.3 is 5.32 Å². The molecule has 0 saturated carbocycles. The molecule has 0 aliphatic carbocycles. The summed E-state index contributed by atoms with van der Waals surface area (Å²) in [6.45, 7) is 1.05. The Morgan fingerprint density at radius 2 is 1.84 bits per heavy atom. The number of hydrogen-bond acceptors (Lipinski definition) is 3. The van der Waals surface area contributed by atoms with E-state index in [0.29, 0.717) is 30.8 Å². The van der Waals surface area contributed by atoms with E-state index in [0.717, 1.165) is 17.7 Å². The second-order valence-electron chi connectivity index (χ2n) is 6.63. The number of rotatable bonds is 3. The maximum atomic E-state index is 13.0. The molecule has 2 aliphatic rings. The Morgan fingerprint density at radius 3 is 2.64 bits per heavy atom. The maximum absolute atomic E-state index is 13.0. The Balaban J connectivity index is 1.57. The van der Waals surface area contributed by atoms with Gasteiger partial charge in [-0.3, -0.25) is 4.79 Å². The fourth-order valence-electron chi connectivity index (χ4n) is 3.61. The first-order chi connectivity index (χ1) is 12.0. The first-order valence-electron chi connectivity index (χ1n) is 8.52. The van der Waals surface area contributed by atoms with Crippen molar-refractivity contribution in [2.24, 2.45) is 0 Å². The van der Waals surface area contributed by atoms with Crippen LogP contribution in [0.3, 0.4) is 0 Å². The lowest BCUT2D eigenvalue weighted by atomic mass is 9.99. The predicted molar refractivity (Wildman–Crippen MR) is 96.0 cm³/mol. The van der Waals surface area contributed by atoms with Gasteiger partial charge in [0.25, 0.3) is 0 Å². The average molecular weight is 356 g/mol. The fraction of sp³-hybridized carbons (Fsp3) is 0.316. The number of benzene rings is 2. The van der Waals surface area contributed by atoms with E-state index in [4.69, 9.17) is 0 Å². The zero-order valence-corrected chi connectivity index (χ0v) is 14.6. The smallest absolute Gasteiger partial charge is 0.243 e. The van der Waals surface area contributed by atoms with Crippen LogP contribution in [0.25, 0.3) is 0 Å². The third-order valence-electron chi connectivity index (χ3n) is 5.03. The second-order valence-corrected chi connectivity index (χ2v) is 8.56. The number of amides is 1. The Bertz CT molecular complexity index is 910. The molecule has 1 amide bonds. The largest absolute Gasteiger partial charge is 0.326 e. The molecule has 1 saturated heterocycles. The minimum Gasteiger partial charge on any atom is -0.326 e. The number of sulfonamides is 1. The maximum Gasteiger partial charge on any atom is 0.243 e. The van der Waals surface area contributed by atoms with Crippen LogP contribution in [-0.4, -0.2) is 31.7 Å². The summed E-state index contributed by atoms with van der Waals surface area (Å²) in [4.78, 5) is 11.8. The van der Waals surface area contributed by atoms with Gasteiger partial charge in [-0.25, -0.2) is 8.42 Å². The van der Waals surface area contributed by atoms with Gasteiger partial charge in [-0.2, -0.15) is 4.31 Å². The summed E-state index contributed by atoms with van der Waals surface area (Å²) >= 11 is 0. The summed E-state index contributed by atoms with van der Waals surface area (Å²) in [6.07, 6.45) is 1.82. The number of anilines is 1. The van der Waals surface area contributed by atoms with Crippen molar-refractivity contribution in [1.82, 2.24) is 4.31 Å². The third-order valence-corrected chi connectivity index (χ3v) is 6.89. The SMILES string of the molecule is O=C1CCc2cc(S(=O)(=O)N3CCC(c4ccccc4)C3)ccc2N1. The van der Waals surface area contributed by atoms with Gasteiger partial charge >= 0.3 is 0 Å². The van der Waals surface area contributed by atoms with Crippen LogP contribution in [0.4, 0.5) is 5.69 Å². The second kappa shape index (κ2) is 6.28. The van der Waals surface area contributed by atoms with Gasteiger partial charge in [0, 0.05) is 25.2 Å². The highest BCUT2D eigenvalue weighted by molar-refractivity contribution is 7.89. The van der Waals surface area contributed by atoms with Crippen molar-refractivity contribution in [1.29, 1.82) is 0 Å². The normalized spacial score (nSPS) is 21.0. The lowest BCUT2D eigenvalue weighted by Gasteiger charge is -2.20. The number of nitrogens with one attached hydrogen (secondary N) is 1. The monoisotopic (exact) mass is 356 g/mol. The average Bonchev–Trinajstić information content (AvgIpc) is 3.13. The standard InChI is InChI=1S/C19H20N2O3S/c22-19-9-6-15-12-17(7-8-18(15)20-19)25(23,24)21-11-10-16(13-21)14-4-2-1-3-5-14/h1-5,7-8,12,16H,6,9-11,13H2,(H,20,22). The van der Waals surface area contributed by atoms with Crippen molar-refractivity contribution >= 4 is 21.6 Å². The van der Waals surface area contributed by atoms with Crippen molar-refractivity contribution < 1.29 is 13.2 Å². The molecular formula is C19H20N2O3S. The summed E-state index contributed by atoms with van der Waals surface area (Å²) in [5, 5.41) is 2.79. The molecule has 1 fully saturated rings. The van der Waals surface area contributed by atoms with Crippen LogP contribution in [0, 0.1) is 0 Å². The van der Waals surface area contributed by atoms with E-state index in [1.165, 1.54) is 5.56 Å². The molecule has 2 heterocycles. The van der Waals surface area contributed by atoms with Crippen LogP contribution in [-0.2, 0) is 21.2 Å². The van der Waals surface area contributed by atoms with Crippen molar-refractivity contribution in [2.75, 3.05) is 18.4 Å². The van der Waals surface area contributed by atoms with E-state index in [1.807, 2.05) is 18.2 Å². The van der Waals surface area contributed by atoms with Gasteiger partial charge in [0.05, 0.1) is 4.90 Å². The zero-order valence-electron chi connectivity index (χ0n) is 13.8. The van der Waals surface area contributed by atoms with Gasteiger partial charge in [-0.15, -0.1) is 0 Å². The first-order valence-corrected chi connectivity index (χ1v) is 9.96. The molecule has 2 aliphatic heterocycles. The molecule has 2 aromatic rings. The quantitative estimate of drug-likeness (QED) is 0.920. The molecule has 130 valence electrons. The highest BCUT2D eigenvalue weighted by Gasteiger charge is 2.33. The highest BCUT2D eigenvalue weighted by Crippen LogP contribution is 2.32. The minimum absolute atomic E-state index is 0.0200. The van der Waals surface area contributed by atoms with Gasteiger partial charge in [0.2, 0.25) is 15.9 Å². The minimum atomic E-state index is -3.51. The van der Waals surface area contributed by atoms with Gasteiger partial charge in [-0.1, -0.05) is 30.3 Å². The summed E-state index contributed by atoms with van der Waals surface area (Å²) in [7, 11) is -3.51. The van der Waals surface area contributed by atoms with E-state index >= 15 is 0 Å². The van der Waals surface area contributed by atoms with E-state index in [9.17, 15) is 13.2 Å². The zero-order chi connectivity index (χ0) is 17.4. The summed E-state index contributed by atoms with van der Waals surface area (Å²) < 4.78 is 27.6. The van der Waals surface area contributed by atoms with Crippen LogP contribution in [0.5, 0.6) is 0 Å². The molecule has 1 atom stereocenters. The van der Waals surface area contributed by atoms with Gasteiger partial charge in [-0.05, 0) is 48.1 Å². The van der Waals surface area contributed by atoms with Crippen LogP contribution in [0.2, 0.25) is 0 Å². The van der Waals surface area contributed by atoms with Gasteiger partial charge in [0.1, 0.15) is 0 Å². The Hall–Kier alpha value is -2.18. The molecule has 4 rings (SSSR count). The Kier molecular flexibility index (Phi) is 4.09. The summed E-state index contributed by atoms with van der Waals surface area (Å²) in [6, 6.07) is 15.1. The Morgan fingerprint density at radius 1 is 1.04 bits per heavy atom. The van der Waals surface area contributed by atoms with Crippen LogP contribution in [0.15, 0.2) is 53.4 Å². The third kappa shape index (κ3) is 3.07. The first kappa shape index (κ1) is 16.3. The molecule has 0 radical (unpaired) electrons. The molecule has 0 bridgehead atoms. The van der Waals surface area contributed by atoms with Crippen LogP contribution >= 0.6 is 0 Å². The topological polar surface area (TPSA) is 66.5 Å². The molecule has 6 heteroatoms.